The van der Waals surface area contributed by atoms with Gasteiger partial charge in [-0.25, -0.2) is 4.99 Å². The normalized spacial score (nSPS) is 15.2. The third kappa shape index (κ3) is 5.06. The molecule has 3 heterocycles. The molecule has 0 radical (unpaired) electrons. The SMILES string of the molecule is C=C1N=C2CCC(c3ccc(-c4ccc5c(c4)C(c4ccccc4)(c4ccccc4)c4cc(-c6ccncc6)ccc4-5)cc3)=CN2Oc2ccccc21. The Bertz CT molecular complexity index is 2550. The number of aromatic nitrogens is 1. The summed E-state index contributed by atoms with van der Waals surface area (Å²) in [5.74, 6) is 1.64. The fourth-order valence-electron chi connectivity index (χ4n) is 8.42. The molecule has 4 nitrogen and oxygen atoms in total. The molecule has 252 valence electrons. The number of rotatable bonds is 5. The van der Waals surface area contributed by atoms with Crippen LogP contribution in [0, 0.1) is 0 Å². The van der Waals surface area contributed by atoms with E-state index >= 15 is 0 Å². The van der Waals surface area contributed by atoms with Gasteiger partial charge in [-0.05, 0) is 110 Å². The van der Waals surface area contributed by atoms with Gasteiger partial charge in [0.1, 0.15) is 5.84 Å². The van der Waals surface area contributed by atoms with E-state index in [0.29, 0.717) is 0 Å². The number of amidine groups is 1. The van der Waals surface area contributed by atoms with Gasteiger partial charge in [-0.2, -0.15) is 5.06 Å². The van der Waals surface area contributed by atoms with Crippen molar-refractivity contribution in [3.8, 4) is 39.1 Å². The second-order valence-corrected chi connectivity index (χ2v) is 13.9. The molecular formula is C49H35N3O. The van der Waals surface area contributed by atoms with Crippen molar-refractivity contribution in [1.29, 1.82) is 0 Å². The minimum absolute atomic E-state index is 0.505. The smallest absolute Gasteiger partial charge is 0.165 e. The molecule has 6 aromatic carbocycles. The Morgan fingerprint density at radius 2 is 1.08 bits per heavy atom. The van der Waals surface area contributed by atoms with Gasteiger partial charge in [0.15, 0.2) is 5.75 Å². The van der Waals surface area contributed by atoms with E-state index < -0.39 is 5.41 Å². The van der Waals surface area contributed by atoms with Crippen LogP contribution >= 0.6 is 0 Å². The molecule has 0 amide bonds. The minimum atomic E-state index is -0.505. The maximum absolute atomic E-state index is 6.33. The van der Waals surface area contributed by atoms with E-state index in [1.165, 1.54) is 61.2 Å². The third-order valence-electron chi connectivity index (χ3n) is 11.0. The minimum Gasteiger partial charge on any atom is -0.373 e. The Balaban J connectivity index is 1.07. The standard InChI is InChI=1S/C49H35N3O/c1-33-42-14-8-9-15-47(42)53-52-32-39(22-25-48(52)51-33)35-18-16-34(17-19-35)37-20-23-43-44-24-21-38(36-26-28-50-29-27-36)31-46(44)49(45(43)30-37,40-10-4-2-5-11-40)41-12-6-3-7-13-41/h2-21,23-24,26-32H,1,22,25H2. The lowest BCUT2D eigenvalue weighted by Gasteiger charge is -2.34. The Hall–Kier alpha value is -6.78. The molecule has 0 unspecified atom stereocenters. The van der Waals surface area contributed by atoms with Crippen molar-refractivity contribution < 1.29 is 4.84 Å². The average Bonchev–Trinajstić information content (AvgIpc) is 3.43. The second kappa shape index (κ2) is 12.5. The summed E-state index contributed by atoms with van der Waals surface area (Å²) >= 11 is 0. The van der Waals surface area contributed by atoms with E-state index in [1.807, 2.05) is 41.7 Å². The third-order valence-corrected chi connectivity index (χ3v) is 11.0. The summed E-state index contributed by atoms with van der Waals surface area (Å²) < 4.78 is 0. The number of allylic oxidation sites excluding steroid dienone is 1. The van der Waals surface area contributed by atoms with E-state index in [-0.39, 0.29) is 0 Å². The molecule has 0 saturated carbocycles. The lowest BCUT2D eigenvalue weighted by Crippen LogP contribution is -2.31. The Morgan fingerprint density at radius 1 is 0.528 bits per heavy atom. The molecule has 3 aliphatic rings. The number of hydrogen-bond donors (Lipinski definition) is 0. The van der Waals surface area contributed by atoms with Crippen LogP contribution in [0.15, 0.2) is 188 Å². The monoisotopic (exact) mass is 681 g/mol. The number of fused-ring (bicyclic) bond motifs is 5. The molecule has 0 bridgehead atoms. The molecule has 0 saturated heterocycles. The largest absolute Gasteiger partial charge is 0.373 e. The van der Waals surface area contributed by atoms with Crippen LogP contribution in [-0.4, -0.2) is 15.9 Å². The summed E-state index contributed by atoms with van der Waals surface area (Å²) in [4.78, 5) is 15.4. The summed E-state index contributed by atoms with van der Waals surface area (Å²) in [6, 6.07) is 57.0. The van der Waals surface area contributed by atoms with Crippen LogP contribution < -0.4 is 4.84 Å². The summed E-state index contributed by atoms with van der Waals surface area (Å²) in [5, 5.41) is 1.81. The summed E-state index contributed by atoms with van der Waals surface area (Å²) in [5.41, 5.74) is 15.8. The molecule has 0 spiro atoms. The van der Waals surface area contributed by atoms with Crippen molar-refractivity contribution >= 4 is 17.1 Å². The highest BCUT2D eigenvalue weighted by atomic mass is 16.7. The quantitative estimate of drug-likeness (QED) is 0.181. The van der Waals surface area contributed by atoms with Gasteiger partial charge in [0.2, 0.25) is 0 Å². The van der Waals surface area contributed by atoms with Crippen molar-refractivity contribution in [3.05, 3.63) is 216 Å². The first-order valence-electron chi connectivity index (χ1n) is 18.1. The van der Waals surface area contributed by atoms with Crippen molar-refractivity contribution in [2.75, 3.05) is 0 Å². The zero-order valence-corrected chi connectivity index (χ0v) is 29.1. The van der Waals surface area contributed by atoms with E-state index in [2.05, 4.69) is 151 Å². The highest BCUT2D eigenvalue weighted by Crippen LogP contribution is 2.57. The number of aliphatic imine (C=N–C) groups is 1. The summed E-state index contributed by atoms with van der Waals surface area (Å²) in [6.07, 6.45) is 7.46. The summed E-state index contributed by atoms with van der Waals surface area (Å²) in [6.45, 7) is 4.20. The summed E-state index contributed by atoms with van der Waals surface area (Å²) in [7, 11) is 0. The van der Waals surface area contributed by atoms with Crippen LogP contribution in [0.1, 0.15) is 46.2 Å². The van der Waals surface area contributed by atoms with Gasteiger partial charge < -0.3 is 4.84 Å². The highest BCUT2D eigenvalue weighted by Gasteiger charge is 2.46. The van der Waals surface area contributed by atoms with E-state index in [1.54, 1.807) is 0 Å². The Morgan fingerprint density at radius 3 is 1.72 bits per heavy atom. The Kier molecular flexibility index (Phi) is 7.29. The van der Waals surface area contributed by atoms with Crippen LogP contribution in [0.25, 0.3) is 44.7 Å². The molecular weight excluding hydrogens is 647 g/mol. The first kappa shape index (κ1) is 31.0. The maximum Gasteiger partial charge on any atom is 0.165 e. The number of nitrogens with zero attached hydrogens (tertiary/aromatic N) is 3. The van der Waals surface area contributed by atoms with Gasteiger partial charge >= 0.3 is 0 Å². The second-order valence-electron chi connectivity index (χ2n) is 13.9. The lowest BCUT2D eigenvalue weighted by molar-refractivity contribution is 0.0686. The van der Waals surface area contributed by atoms with E-state index in [0.717, 1.165) is 41.3 Å². The van der Waals surface area contributed by atoms with Gasteiger partial charge in [0.25, 0.3) is 0 Å². The van der Waals surface area contributed by atoms with Crippen molar-refractivity contribution in [2.24, 2.45) is 4.99 Å². The van der Waals surface area contributed by atoms with Crippen LogP contribution in [0.5, 0.6) is 5.75 Å². The van der Waals surface area contributed by atoms with Crippen molar-refractivity contribution in [2.45, 2.75) is 18.3 Å². The molecule has 4 heteroatoms. The van der Waals surface area contributed by atoms with Gasteiger partial charge in [-0.1, -0.05) is 128 Å². The van der Waals surface area contributed by atoms with Gasteiger partial charge in [-0.3, -0.25) is 4.98 Å². The molecule has 0 atom stereocenters. The predicted octanol–water partition coefficient (Wildman–Crippen LogP) is 11.6. The molecule has 1 aliphatic carbocycles. The zero-order chi connectivity index (χ0) is 35.4. The Labute approximate surface area is 309 Å². The molecule has 1 aromatic heterocycles. The molecule has 10 rings (SSSR count). The van der Waals surface area contributed by atoms with E-state index in [9.17, 15) is 0 Å². The first-order valence-corrected chi connectivity index (χ1v) is 18.1. The molecule has 0 fully saturated rings. The van der Waals surface area contributed by atoms with Crippen molar-refractivity contribution in [3.63, 3.8) is 0 Å². The highest BCUT2D eigenvalue weighted by molar-refractivity contribution is 5.94. The van der Waals surface area contributed by atoms with Crippen molar-refractivity contribution in [1.82, 2.24) is 10.0 Å². The van der Waals surface area contributed by atoms with Crippen LogP contribution in [0.2, 0.25) is 0 Å². The first-order chi connectivity index (χ1) is 26.2. The fourth-order valence-corrected chi connectivity index (χ4v) is 8.42. The van der Waals surface area contributed by atoms with Crippen LogP contribution in [0.3, 0.4) is 0 Å². The molecule has 7 aromatic rings. The van der Waals surface area contributed by atoms with Crippen LogP contribution in [0.4, 0.5) is 0 Å². The van der Waals surface area contributed by atoms with E-state index in [4.69, 9.17) is 9.83 Å². The fraction of sp³-hybridized carbons (Fsp3) is 0.0612. The maximum atomic E-state index is 6.33. The lowest BCUT2D eigenvalue weighted by atomic mass is 9.67. The van der Waals surface area contributed by atoms with Gasteiger partial charge in [-0.15, -0.1) is 0 Å². The molecule has 2 aliphatic heterocycles. The topological polar surface area (TPSA) is 37.7 Å². The number of benzene rings is 6. The van der Waals surface area contributed by atoms with Crippen LogP contribution in [-0.2, 0) is 5.41 Å². The van der Waals surface area contributed by atoms with Gasteiger partial charge in [0, 0.05) is 30.6 Å². The van der Waals surface area contributed by atoms with Gasteiger partial charge in [0.05, 0.1) is 11.1 Å². The zero-order valence-electron chi connectivity index (χ0n) is 29.1. The number of hydroxylamine groups is 2. The molecule has 53 heavy (non-hydrogen) atoms. The number of pyridine rings is 1. The average molecular weight is 682 g/mol. The predicted molar refractivity (Wildman–Crippen MR) is 215 cm³/mol. The molecule has 0 N–H and O–H groups in total. The number of para-hydroxylation sites is 1. The number of hydrogen-bond acceptors (Lipinski definition) is 4.